The maximum absolute atomic E-state index is 13.1. The summed E-state index contributed by atoms with van der Waals surface area (Å²) in [5, 5.41) is 9.86. The van der Waals surface area contributed by atoms with Crippen molar-refractivity contribution in [3.63, 3.8) is 0 Å². The highest BCUT2D eigenvalue weighted by molar-refractivity contribution is 5.91. The molecule has 0 aliphatic carbocycles. The molecule has 3 aromatic carbocycles. The molecular weight excluding hydrogens is 398 g/mol. The lowest BCUT2D eigenvalue weighted by Crippen LogP contribution is -2.31. The third-order valence-electron chi connectivity index (χ3n) is 5.34. The highest BCUT2D eigenvalue weighted by Crippen LogP contribution is 2.28. The van der Waals surface area contributed by atoms with Gasteiger partial charge in [-0.3, -0.25) is 4.57 Å². The lowest BCUT2D eigenvalue weighted by molar-refractivity contribution is 0.208. The summed E-state index contributed by atoms with van der Waals surface area (Å²) in [6, 6.07) is 29.4. The van der Waals surface area contributed by atoms with Gasteiger partial charge in [0.25, 0.3) is 0 Å². The molecule has 2 heterocycles. The molecule has 0 saturated heterocycles. The molecule has 0 fully saturated rings. The van der Waals surface area contributed by atoms with Crippen LogP contribution in [0.4, 0.5) is 4.79 Å². The molecule has 5 aromatic rings. The van der Waals surface area contributed by atoms with Crippen molar-refractivity contribution in [2.45, 2.75) is 6.54 Å². The van der Waals surface area contributed by atoms with Gasteiger partial charge in [-0.15, -0.1) is 10.2 Å². The van der Waals surface area contributed by atoms with Crippen LogP contribution in [-0.2, 0) is 6.54 Å². The summed E-state index contributed by atoms with van der Waals surface area (Å²) >= 11 is 0. The van der Waals surface area contributed by atoms with Crippen molar-refractivity contribution < 1.29 is 4.79 Å². The Morgan fingerprint density at radius 2 is 1.41 bits per heavy atom. The van der Waals surface area contributed by atoms with E-state index in [0.717, 1.165) is 27.7 Å². The summed E-state index contributed by atoms with van der Waals surface area (Å²) < 4.78 is 1.64. The Kier molecular flexibility index (Phi) is 5.17. The van der Waals surface area contributed by atoms with Crippen molar-refractivity contribution in [3.05, 3.63) is 103 Å². The molecule has 0 spiro atoms. The average Bonchev–Trinajstić information content (AvgIpc) is 3.29. The first-order chi connectivity index (χ1) is 15.7. The molecule has 0 atom stereocenters. The minimum absolute atomic E-state index is 0.150. The van der Waals surface area contributed by atoms with Gasteiger partial charge >= 0.3 is 6.03 Å². The Balaban J connectivity index is 1.48. The Morgan fingerprint density at radius 1 is 0.781 bits per heavy atom. The number of hydrogen-bond donors (Lipinski definition) is 0. The molecule has 156 valence electrons. The topological polar surface area (TPSA) is 63.9 Å². The van der Waals surface area contributed by atoms with E-state index in [1.807, 2.05) is 91.0 Å². The fourth-order valence-electron chi connectivity index (χ4n) is 3.73. The lowest BCUT2D eigenvalue weighted by atomic mass is 10.0. The van der Waals surface area contributed by atoms with Crippen molar-refractivity contribution in [2.24, 2.45) is 0 Å². The van der Waals surface area contributed by atoms with E-state index >= 15 is 0 Å². The first kappa shape index (κ1) is 19.6. The quantitative estimate of drug-likeness (QED) is 0.399. The van der Waals surface area contributed by atoms with Gasteiger partial charge in [-0.2, -0.15) is 0 Å². The number of amides is 1. The van der Waals surface area contributed by atoms with E-state index in [4.69, 9.17) is 4.98 Å². The number of benzene rings is 3. The van der Waals surface area contributed by atoms with Crippen LogP contribution in [0, 0.1) is 0 Å². The van der Waals surface area contributed by atoms with Crippen LogP contribution in [0.15, 0.2) is 97.2 Å². The molecule has 0 radical (unpaired) electrons. The molecular formula is C26H21N5O. The number of aromatic nitrogens is 4. The molecule has 2 aromatic heterocycles. The fraction of sp³-hybridized carbons (Fsp3) is 0.0769. The molecule has 0 aliphatic heterocycles. The maximum Gasteiger partial charge on any atom is 0.328 e. The fourth-order valence-corrected chi connectivity index (χ4v) is 3.73. The molecule has 0 aliphatic rings. The summed E-state index contributed by atoms with van der Waals surface area (Å²) in [5.41, 5.74) is 4.22. The smallest absolute Gasteiger partial charge is 0.320 e. The van der Waals surface area contributed by atoms with Gasteiger partial charge in [0.1, 0.15) is 11.4 Å². The van der Waals surface area contributed by atoms with Crippen LogP contribution in [0.5, 0.6) is 0 Å². The number of carbonyl (C=O) groups is 1. The zero-order valence-corrected chi connectivity index (χ0v) is 17.6. The number of rotatable bonds is 4. The highest BCUT2D eigenvalue weighted by Gasteiger charge is 2.18. The van der Waals surface area contributed by atoms with Crippen LogP contribution in [0.25, 0.3) is 33.4 Å². The minimum Gasteiger partial charge on any atom is -0.320 e. The van der Waals surface area contributed by atoms with E-state index < -0.39 is 0 Å². The SMILES string of the molecule is CN(Cc1nnc(-c2ccccc2)c(-c2ccccc2)n1)C(=O)n1ccc2ccccc21. The van der Waals surface area contributed by atoms with E-state index in [1.54, 1.807) is 22.7 Å². The molecule has 5 rings (SSSR count). The molecule has 6 nitrogen and oxygen atoms in total. The molecule has 32 heavy (non-hydrogen) atoms. The molecule has 0 bridgehead atoms. The zero-order chi connectivity index (χ0) is 21.9. The monoisotopic (exact) mass is 419 g/mol. The average molecular weight is 419 g/mol. The summed E-state index contributed by atoms with van der Waals surface area (Å²) in [6.07, 6.45) is 1.79. The number of carbonyl (C=O) groups excluding carboxylic acids is 1. The number of para-hydroxylation sites is 1. The largest absolute Gasteiger partial charge is 0.328 e. The van der Waals surface area contributed by atoms with Gasteiger partial charge in [-0.1, -0.05) is 78.9 Å². The van der Waals surface area contributed by atoms with Gasteiger partial charge in [0.15, 0.2) is 5.82 Å². The second-order valence-corrected chi connectivity index (χ2v) is 7.54. The maximum atomic E-state index is 13.1. The van der Waals surface area contributed by atoms with E-state index in [-0.39, 0.29) is 12.6 Å². The van der Waals surface area contributed by atoms with Crippen molar-refractivity contribution >= 4 is 16.9 Å². The lowest BCUT2D eigenvalue weighted by Gasteiger charge is -2.18. The van der Waals surface area contributed by atoms with Gasteiger partial charge < -0.3 is 4.90 Å². The predicted octanol–water partition coefficient (Wildman–Crippen LogP) is 5.26. The van der Waals surface area contributed by atoms with Crippen molar-refractivity contribution in [2.75, 3.05) is 7.05 Å². The van der Waals surface area contributed by atoms with Crippen LogP contribution in [0.2, 0.25) is 0 Å². The first-order valence-corrected chi connectivity index (χ1v) is 10.4. The summed E-state index contributed by atoms with van der Waals surface area (Å²) in [4.78, 5) is 19.5. The van der Waals surface area contributed by atoms with Crippen molar-refractivity contribution in [1.82, 2.24) is 24.6 Å². The van der Waals surface area contributed by atoms with E-state index in [1.165, 1.54) is 0 Å². The number of fused-ring (bicyclic) bond motifs is 1. The normalized spacial score (nSPS) is 10.9. The van der Waals surface area contributed by atoms with Gasteiger partial charge in [0, 0.05) is 29.8 Å². The van der Waals surface area contributed by atoms with Gasteiger partial charge in [0.2, 0.25) is 0 Å². The molecule has 0 unspecified atom stereocenters. The van der Waals surface area contributed by atoms with Gasteiger partial charge in [-0.25, -0.2) is 9.78 Å². The second kappa shape index (κ2) is 8.43. The Labute approximate surface area is 185 Å². The zero-order valence-electron chi connectivity index (χ0n) is 17.6. The van der Waals surface area contributed by atoms with Crippen molar-refractivity contribution in [3.8, 4) is 22.5 Å². The third kappa shape index (κ3) is 3.74. The van der Waals surface area contributed by atoms with Crippen LogP contribution in [0.3, 0.4) is 0 Å². The summed E-state index contributed by atoms with van der Waals surface area (Å²) in [5.74, 6) is 0.482. The molecule has 6 heteroatoms. The first-order valence-electron chi connectivity index (χ1n) is 10.4. The standard InChI is InChI=1S/C26H21N5O/c1-30(26(32)31-17-16-19-10-8-9-15-22(19)31)18-23-27-24(20-11-4-2-5-12-20)25(29-28-23)21-13-6-3-7-14-21/h2-17H,18H2,1H3. The van der Waals surface area contributed by atoms with Crippen LogP contribution in [-0.4, -0.2) is 37.7 Å². The number of nitrogens with zero attached hydrogens (tertiary/aromatic N) is 5. The summed E-state index contributed by atoms with van der Waals surface area (Å²) in [7, 11) is 1.74. The van der Waals surface area contributed by atoms with Crippen molar-refractivity contribution in [1.29, 1.82) is 0 Å². The minimum atomic E-state index is -0.150. The van der Waals surface area contributed by atoms with Crippen LogP contribution >= 0.6 is 0 Å². The van der Waals surface area contributed by atoms with Gasteiger partial charge in [0.05, 0.1) is 12.1 Å². The Bertz CT molecular complexity index is 1380. The van der Waals surface area contributed by atoms with E-state index in [0.29, 0.717) is 11.5 Å². The van der Waals surface area contributed by atoms with E-state index in [2.05, 4.69) is 10.2 Å². The highest BCUT2D eigenvalue weighted by atomic mass is 16.2. The molecule has 1 amide bonds. The van der Waals surface area contributed by atoms with Crippen LogP contribution in [0.1, 0.15) is 5.82 Å². The van der Waals surface area contributed by atoms with Gasteiger partial charge in [-0.05, 0) is 12.1 Å². The molecule has 0 N–H and O–H groups in total. The number of hydrogen-bond acceptors (Lipinski definition) is 4. The predicted molar refractivity (Wildman–Crippen MR) is 125 cm³/mol. The molecule has 0 saturated carbocycles. The Morgan fingerprint density at radius 3 is 2.12 bits per heavy atom. The second-order valence-electron chi connectivity index (χ2n) is 7.54. The van der Waals surface area contributed by atoms with E-state index in [9.17, 15) is 4.79 Å². The van der Waals surface area contributed by atoms with Crippen LogP contribution < -0.4 is 0 Å². The Hall–Kier alpha value is -4.32. The third-order valence-corrected chi connectivity index (χ3v) is 5.34. The summed E-state index contributed by atoms with van der Waals surface area (Å²) in [6.45, 7) is 0.243.